The fraction of sp³-hybridized carbons (Fsp3) is 0.556. The maximum Gasteiger partial charge on any atom is 0.230 e. The number of nitrogens with zero attached hydrogens (tertiary/aromatic N) is 2. The maximum absolute atomic E-state index is 12.8. The van der Waals surface area contributed by atoms with Gasteiger partial charge in [0.25, 0.3) is 0 Å². The van der Waals surface area contributed by atoms with Crippen molar-refractivity contribution in [2.24, 2.45) is 5.92 Å². The molecule has 0 saturated carbocycles. The molecule has 0 bridgehead atoms. The van der Waals surface area contributed by atoms with Crippen molar-refractivity contribution in [2.75, 3.05) is 27.2 Å². The summed E-state index contributed by atoms with van der Waals surface area (Å²) in [4.78, 5) is 28.4. The highest BCUT2D eigenvalue weighted by atomic mass is 16.2. The first-order chi connectivity index (χ1) is 10.5. The fourth-order valence-corrected chi connectivity index (χ4v) is 3.17. The highest BCUT2D eigenvalue weighted by molar-refractivity contribution is 5.84. The van der Waals surface area contributed by atoms with E-state index < -0.39 is 0 Å². The molecule has 120 valence electrons. The lowest BCUT2D eigenvalue weighted by molar-refractivity contribution is -0.139. The summed E-state index contributed by atoms with van der Waals surface area (Å²) in [5.41, 5.74) is 1.08. The summed E-state index contributed by atoms with van der Waals surface area (Å²) in [6.07, 6.45) is 2.35. The summed E-state index contributed by atoms with van der Waals surface area (Å²) in [6, 6.07) is 9.97. The normalized spacial score (nSPS) is 17.1. The molecule has 1 aromatic rings. The van der Waals surface area contributed by atoms with Crippen molar-refractivity contribution in [3.63, 3.8) is 0 Å². The third-order valence-corrected chi connectivity index (χ3v) is 4.50. The van der Waals surface area contributed by atoms with Gasteiger partial charge in [0.1, 0.15) is 0 Å². The number of carbonyl (C=O) groups is 2. The monoisotopic (exact) mass is 302 g/mol. The van der Waals surface area contributed by atoms with Gasteiger partial charge >= 0.3 is 0 Å². The van der Waals surface area contributed by atoms with Gasteiger partial charge in [0.15, 0.2) is 0 Å². The van der Waals surface area contributed by atoms with Crippen molar-refractivity contribution >= 4 is 11.8 Å². The summed E-state index contributed by atoms with van der Waals surface area (Å²) in [7, 11) is 3.59. The highest BCUT2D eigenvalue weighted by Crippen LogP contribution is 2.26. The minimum atomic E-state index is -0.0673. The van der Waals surface area contributed by atoms with Gasteiger partial charge in [-0.2, -0.15) is 0 Å². The van der Waals surface area contributed by atoms with E-state index in [1.165, 1.54) is 0 Å². The molecule has 1 heterocycles. The van der Waals surface area contributed by atoms with E-state index in [1.54, 1.807) is 19.0 Å². The van der Waals surface area contributed by atoms with Crippen LogP contribution in [-0.2, 0) is 9.59 Å². The third-order valence-electron chi connectivity index (χ3n) is 4.50. The van der Waals surface area contributed by atoms with Crippen LogP contribution in [0.25, 0.3) is 0 Å². The molecule has 1 fully saturated rings. The van der Waals surface area contributed by atoms with Crippen molar-refractivity contribution in [3.05, 3.63) is 35.9 Å². The average molecular weight is 302 g/mol. The molecule has 2 amide bonds. The number of carbonyl (C=O) groups excluding carboxylic acids is 2. The third kappa shape index (κ3) is 3.67. The SMILES string of the molecule is CCC(C(=O)N1CCC(C(=O)N(C)C)CC1)c1ccccc1. The molecule has 4 nitrogen and oxygen atoms in total. The lowest BCUT2D eigenvalue weighted by atomic mass is 9.91. The van der Waals surface area contributed by atoms with Crippen LogP contribution < -0.4 is 0 Å². The summed E-state index contributed by atoms with van der Waals surface area (Å²) >= 11 is 0. The average Bonchev–Trinajstić information content (AvgIpc) is 2.56. The minimum Gasteiger partial charge on any atom is -0.349 e. The molecule has 0 radical (unpaired) electrons. The van der Waals surface area contributed by atoms with Crippen molar-refractivity contribution in [2.45, 2.75) is 32.1 Å². The van der Waals surface area contributed by atoms with Crippen LogP contribution in [0.3, 0.4) is 0 Å². The Labute approximate surface area is 133 Å². The van der Waals surface area contributed by atoms with Crippen LogP contribution in [0.4, 0.5) is 0 Å². The van der Waals surface area contributed by atoms with Crippen molar-refractivity contribution in [1.82, 2.24) is 9.80 Å². The standard InChI is InChI=1S/C18H26N2O2/c1-4-16(14-8-6-5-7-9-14)18(22)20-12-10-15(11-13-20)17(21)19(2)3/h5-9,15-16H,4,10-13H2,1-3H3. The second kappa shape index (κ2) is 7.43. The molecular formula is C18H26N2O2. The molecule has 1 atom stereocenters. The second-order valence-corrected chi connectivity index (χ2v) is 6.20. The molecule has 0 N–H and O–H groups in total. The van der Waals surface area contributed by atoms with E-state index in [-0.39, 0.29) is 23.7 Å². The van der Waals surface area contributed by atoms with Gasteiger partial charge in [0, 0.05) is 33.1 Å². The first-order valence-electron chi connectivity index (χ1n) is 8.09. The van der Waals surface area contributed by atoms with E-state index in [2.05, 4.69) is 6.92 Å². The molecule has 22 heavy (non-hydrogen) atoms. The molecule has 1 saturated heterocycles. The molecular weight excluding hydrogens is 276 g/mol. The first-order valence-corrected chi connectivity index (χ1v) is 8.09. The van der Waals surface area contributed by atoms with E-state index in [1.807, 2.05) is 35.2 Å². The fourth-order valence-electron chi connectivity index (χ4n) is 3.17. The molecule has 1 unspecified atom stereocenters. The van der Waals surface area contributed by atoms with Crippen LogP contribution in [0.1, 0.15) is 37.7 Å². The van der Waals surface area contributed by atoms with Crippen LogP contribution in [0, 0.1) is 5.92 Å². The Morgan fingerprint density at radius 1 is 1.18 bits per heavy atom. The molecule has 0 spiro atoms. The Bertz CT molecular complexity index is 505. The van der Waals surface area contributed by atoms with Gasteiger partial charge < -0.3 is 9.80 Å². The van der Waals surface area contributed by atoms with Gasteiger partial charge in [0.2, 0.25) is 11.8 Å². The Hall–Kier alpha value is -1.84. The van der Waals surface area contributed by atoms with Gasteiger partial charge in [0.05, 0.1) is 5.92 Å². The number of amides is 2. The maximum atomic E-state index is 12.8. The topological polar surface area (TPSA) is 40.6 Å². The Kier molecular flexibility index (Phi) is 5.58. The zero-order chi connectivity index (χ0) is 16.1. The van der Waals surface area contributed by atoms with Crippen LogP contribution in [0.5, 0.6) is 0 Å². The van der Waals surface area contributed by atoms with Crippen LogP contribution >= 0.6 is 0 Å². The number of likely N-dealkylation sites (tertiary alicyclic amines) is 1. The number of rotatable bonds is 4. The van der Waals surface area contributed by atoms with Gasteiger partial charge in [-0.3, -0.25) is 9.59 Å². The molecule has 0 aliphatic carbocycles. The smallest absolute Gasteiger partial charge is 0.230 e. The highest BCUT2D eigenvalue weighted by Gasteiger charge is 2.31. The zero-order valence-corrected chi connectivity index (χ0v) is 13.8. The Morgan fingerprint density at radius 3 is 2.27 bits per heavy atom. The van der Waals surface area contributed by atoms with E-state index in [0.717, 1.165) is 24.8 Å². The van der Waals surface area contributed by atoms with E-state index in [9.17, 15) is 9.59 Å². The lowest BCUT2D eigenvalue weighted by Gasteiger charge is -2.34. The van der Waals surface area contributed by atoms with Gasteiger partial charge in [-0.1, -0.05) is 37.3 Å². The predicted molar refractivity (Wildman–Crippen MR) is 87.5 cm³/mol. The number of piperidine rings is 1. The Morgan fingerprint density at radius 2 is 1.77 bits per heavy atom. The molecule has 1 aliphatic rings. The molecule has 0 aromatic heterocycles. The Balaban J connectivity index is 1.98. The minimum absolute atomic E-state index is 0.0656. The number of benzene rings is 1. The van der Waals surface area contributed by atoms with E-state index in [0.29, 0.717) is 13.1 Å². The largest absolute Gasteiger partial charge is 0.349 e. The second-order valence-electron chi connectivity index (χ2n) is 6.20. The number of hydrogen-bond acceptors (Lipinski definition) is 2. The molecule has 4 heteroatoms. The predicted octanol–water partition coefficient (Wildman–Crippen LogP) is 2.51. The molecule has 1 aromatic carbocycles. The molecule has 1 aliphatic heterocycles. The van der Waals surface area contributed by atoms with Gasteiger partial charge in [-0.15, -0.1) is 0 Å². The summed E-state index contributed by atoms with van der Waals surface area (Å²) in [5.74, 6) is 0.379. The first kappa shape index (κ1) is 16.5. The summed E-state index contributed by atoms with van der Waals surface area (Å²) < 4.78 is 0. The van der Waals surface area contributed by atoms with E-state index >= 15 is 0 Å². The summed E-state index contributed by atoms with van der Waals surface area (Å²) in [6.45, 7) is 3.43. The number of hydrogen-bond donors (Lipinski definition) is 0. The summed E-state index contributed by atoms with van der Waals surface area (Å²) in [5, 5.41) is 0. The quantitative estimate of drug-likeness (QED) is 0.857. The van der Waals surface area contributed by atoms with Crippen molar-refractivity contribution < 1.29 is 9.59 Å². The van der Waals surface area contributed by atoms with Crippen LogP contribution in [0.2, 0.25) is 0 Å². The zero-order valence-electron chi connectivity index (χ0n) is 13.8. The van der Waals surface area contributed by atoms with Gasteiger partial charge in [-0.05, 0) is 24.8 Å². The van der Waals surface area contributed by atoms with Crippen LogP contribution in [0.15, 0.2) is 30.3 Å². The lowest BCUT2D eigenvalue weighted by Crippen LogP contribution is -2.44. The van der Waals surface area contributed by atoms with Crippen molar-refractivity contribution in [3.8, 4) is 0 Å². The van der Waals surface area contributed by atoms with E-state index in [4.69, 9.17) is 0 Å². The van der Waals surface area contributed by atoms with Gasteiger partial charge in [-0.25, -0.2) is 0 Å². The van der Waals surface area contributed by atoms with Crippen molar-refractivity contribution in [1.29, 1.82) is 0 Å². The van der Waals surface area contributed by atoms with Crippen LogP contribution in [-0.4, -0.2) is 48.8 Å². The molecule has 2 rings (SSSR count).